The number of hydrogen-bond acceptors (Lipinski definition) is 6. The van der Waals surface area contributed by atoms with Gasteiger partial charge in [0, 0.05) is 12.8 Å². The molecule has 1 aliphatic heterocycles. The Hall–Kier alpha value is -3.26. The van der Waals surface area contributed by atoms with E-state index in [4.69, 9.17) is 20.2 Å². The molecule has 0 spiro atoms. The maximum absolute atomic E-state index is 10.0. The Morgan fingerprint density at radius 3 is 1.79 bits per heavy atom. The highest BCUT2D eigenvalue weighted by molar-refractivity contribution is 6.74. The highest BCUT2D eigenvalue weighted by atomic mass is 28.4. The molecule has 2 aliphatic rings. The van der Waals surface area contributed by atoms with Crippen molar-refractivity contribution in [3.63, 3.8) is 0 Å². The van der Waals surface area contributed by atoms with E-state index < -0.39 is 26.1 Å². The summed E-state index contributed by atoms with van der Waals surface area (Å²) >= 11 is 0. The van der Waals surface area contributed by atoms with Crippen LogP contribution in [0.15, 0.2) is 109 Å². The Balaban J connectivity index is 0.000000374. The first-order valence-electron chi connectivity index (χ1n) is 26.9. The Morgan fingerprint density at radius 1 is 0.831 bits per heavy atom. The van der Waals surface area contributed by atoms with Gasteiger partial charge >= 0.3 is 7.12 Å². The molecule has 2 aromatic carbocycles. The summed E-state index contributed by atoms with van der Waals surface area (Å²) in [5.41, 5.74) is 7.07. The Kier molecular flexibility index (Phi) is 26.1. The Bertz CT molecular complexity index is 2020. The van der Waals surface area contributed by atoms with Crippen molar-refractivity contribution in [1.82, 2.24) is 0 Å². The van der Waals surface area contributed by atoms with Gasteiger partial charge in [0.15, 0.2) is 8.32 Å². The van der Waals surface area contributed by atoms with Gasteiger partial charge in [0.05, 0.1) is 35.1 Å². The van der Waals surface area contributed by atoms with E-state index >= 15 is 0 Å². The van der Waals surface area contributed by atoms with E-state index in [2.05, 4.69) is 170 Å². The van der Waals surface area contributed by atoms with Crippen molar-refractivity contribution in [3.05, 3.63) is 120 Å². The van der Waals surface area contributed by atoms with Gasteiger partial charge in [-0.05, 0) is 163 Å². The molecule has 4 atom stereocenters. The van der Waals surface area contributed by atoms with Crippen LogP contribution in [-0.4, -0.2) is 65.9 Å². The molecule has 1 aliphatic carbocycles. The molecule has 1 heterocycles. The lowest BCUT2D eigenvalue weighted by Gasteiger charge is -2.40. The van der Waals surface area contributed by atoms with E-state index in [1.54, 1.807) is 0 Å². The van der Waals surface area contributed by atoms with Crippen molar-refractivity contribution >= 4 is 26.6 Å². The van der Waals surface area contributed by atoms with Crippen LogP contribution in [0.1, 0.15) is 198 Å². The summed E-state index contributed by atoms with van der Waals surface area (Å²) in [5.74, 6) is 5.41. The molecule has 0 unspecified atom stereocenters. The lowest BCUT2D eigenvalue weighted by atomic mass is 9.83. The molecule has 1 saturated carbocycles. The summed E-state index contributed by atoms with van der Waals surface area (Å²) in [7, 11) is -2.01. The number of terminal acetylenes is 1. The van der Waals surface area contributed by atoms with Gasteiger partial charge < -0.3 is 29.1 Å². The third kappa shape index (κ3) is 24.1. The standard InChI is InChI=1S/C24H34O3.C23H37BO2.C16H30OSi/c1-18-21(16-22(25)17-23(18)26)14-13-20(19-10-6-4-7-11-19)12-8-5-9-15-24(2,3)27;1-21(2,3)17-13-9-12-16-20(19-14-10-8-11-15-19)18-24-25-22(4,5)23(6,7)26-24;1-10-11-14(4)12-15(13(2)3)17-18(8,9)16(5,6)7/h4,6-7,10-11,13-14,22-23,25-27H,1,5,8-9,12,15-17H2,2-3H3;8,10-11,14-15,18H,9,12-13,16-17H2,1-7H3;1,14-15H,2,11-12H2,3-9H3/b20-13+,21-14-;20-18+;/t22-,23+;;14-,15+/m1.1/s1. The van der Waals surface area contributed by atoms with Crippen LogP contribution < -0.4 is 0 Å². The average Bonchev–Trinajstić information content (AvgIpc) is 3.46. The zero-order valence-electron chi connectivity index (χ0n) is 47.8. The van der Waals surface area contributed by atoms with Crippen LogP contribution >= 0.6 is 0 Å². The molecule has 0 amide bonds. The summed E-state index contributed by atoms with van der Waals surface area (Å²) < 4.78 is 18.8. The topological polar surface area (TPSA) is 88.4 Å². The Morgan fingerprint density at radius 2 is 1.32 bits per heavy atom. The van der Waals surface area contributed by atoms with Gasteiger partial charge in [-0.2, -0.15) is 0 Å². The van der Waals surface area contributed by atoms with Crippen LogP contribution in [0.2, 0.25) is 18.1 Å². The second-order valence-electron chi connectivity index (χ2n) is 25.0. The zero-order chi connectivity index (χ0) is 53.8. The fraction of sp³-hybridized carbons (Fsp3) is 0.619. The smallest absolute Gasteiger partial charge is 0.410 e. The largest absolute Gasteiger partial charge is 0.487 e. The van der Waals surface area contributed by atoms with Crippen LogP contribution in [0.5, 0.6) is 0 Å². The molecular weight excluding hydrogens is 892 g/mol. The van der Waals surface area contributed by atoms with Gasteiger partial charge in [-0.1, -0.05) is 172 Å². The maximum Gasteiger partial charge on any atom is 0.487 e. The summed E-state index contributed by atoms with van der Waals surface area (Å²) in [6, 6.07) is 21.0. The second-order valence-corrected chi connectivity index (χ2v) is 29.8. The monoisotopic (exact) mass is 993 g/mol. The number of benzene rings is 2. The van der Waals surface area contributed by atoms with E-state index in [1.807, 2.05) is 38.1 Å². The number of allylic oxidation sites excluding steroid dienone is 4. The van der Waals surface area contributed by atoms with Crippen LogP contribution in [0.25, 0.3) is 11.1 Å². The predicted octanol–water partition coefficient (Wildman–Crippen LogP) is 16.5. The summed E-state index contributed by atoms with van der Waals surface area (Å²) in [6.45, 7) is 42.8. The van der Waals surface area contributed by atoms with Crippen molar-refractivity contribution < 1.29 is 29.1 Å². The number of rotatable bonds is 21. The molecule has 71 heavy (non-hydrogen) atoms. The zero-order valence-corrected chi connectivity index (χ0v) is 48.8. The lowest BCUT2D eigenvalue weighted by Crippen LogP contribution is -2.44. The van der Waals surface area contributed by atoms with E-state index in [0.717, 1.165) is 62.5 Å². The second kappa shape index (κ2) is 29.0. The minimum absolute atomic E-state index is 0.147. The SMILES string of the molecule is C#CC[C@@H](C)C[C@H](O[Si](C)(C)C(C)(C)C)C(=C)C.C=C1/C(=C\C=C(/CCCCCC(C)(C)O)c2ccccc2)C[C@@H](O)C[C@@H]1O.CC(C)(C)CCCCC/C(=C\B1OC(C)(C)C(C)(C)O1)c1ccccc1. The minimum atomic E-state index is -1.73. The summed E-state index contributed by atoms with van der Waals surface area (Å²) in [6.07, 6.45) is 22.2. The summed E-state index contributed by atoms with van der Waals surface area (Å²) in [5, 5.41) is 30.0. The molecule has 0 aromatic heterocycles. The lowest BCUT2D eigenvalue weighted by molar-refractivity contribution is 0.00578. The molecule has 0 radical (unpaired) electrons. The van der Waals surface area contributed by atoms with Crippen molar-refractivity contribution in [2.24, 2.45) is 11.3 Å². The van der Waals surface area contributed by atoms with Gasteiger partial charge in [-0.3, -0.25) is 0 Å². The maximum atomic E-state index is 10.0. The van der Waals surface area contributed by atoms with Gasteiger partial charge in [-0.15, -0.1) is 12.3 Å². The average molecular weight is 993 g/mol. The first kappa shape index (κ1) is 63.9. The van der Waals surface area contributed by atoms with Crippen molar-refractivity contribution in [2.45, 2.75) is 240 Å². The van der Waals surface area contributed by atoms with Gasteiger partial charge in [-0.25, -0.2) is 0 Å². The molecule has 4 rings (SSSR count). The normalized spacial score (nSPS) is 20.1. The number of aliphatic hydroxyl groups excluding tert-OH is 2. The summed E-state index contributed by atoms with van der Waals surface area (Å²) in [4.78, 5) is 0. The van der Waals surface area contributed by atoms with E-state index in [1.165, 1.54) is 48.0 Å². The predicted molar refractivity (Wildman–Crippen MR) is 309 cm³/mol. The minimum Gasteiger partial charge on any atom is -0.410 e. The molecule has 3 N–H and O–H groups in total. The van der Waals surface area contributed by atoms with Crippen LogP contribution in [-0.2, 0) is 13.7 Å². The van der Waals surface area contributed by atoms with Gasteiger partial charge in [0.25, 0.3) is 0 Å². The van der Waals surface area contributed by atoms with Crippen LogP contribution in [0.3, 0.4) is 0 Å². The third-order valence-corrected chi connectivity index (χ3v) is 19.1. The molecule has 6 nitrogen and oxygen atoms in total. The van der Waals surface area contributed by atoms with Crippen LogP contribution in [0, 0.1) is 23.7 Å². The first-order chi connectivity index (χ1) is 32.8. The molecule has 8 heteroatoms. The fourth-order valence-electron chi connectivity index (χ4n) is 8.26. The fourth-order valence-corrected chi connectivity index (χ4v) is 9.62. The molecule has 2 fully saturated rings. The van der Waals surface area contributed by atoms with Crippen molar-refractivity contribution in [3.8, 4) is 12.3 Å². The van der Waals surface area contributed by atoms with Gasteiger partial charge in [0.2, 0.25) is 0 Å². The van der Waals surface area contributed by atoms with Gasteiger partial charge in [0.1, 0.15) is 0 Å². The quantitative estimate of drug-likeness (QED) is 0.0500. The number of unbranched alkanes of at least 4 members (excludes halogenated alkanes) is 4. The Labute approximate surface area is 437 Å². The van der Waals surface area contributed by atoms with E-state index in [-0.39, 0.29) is 29.5 Å². The molecule has 0 bridgehead atoms. The van der Waals surface area contributed by atoms with E-state index in [9.17, 15) is 15.3 Å². The number of aliphatic hydroxyl groups is 3. The van der Waals surface area contributed by atoms with E-state index in [0.29, 0.717) is 29.7 Å². The van der Waals surface area contributed by atoms with Crippen molar-refractivity contribution in [2.75, 3.05) is 0 Å². The molecule has 396 valence electrons. The number of hydrogen-bond donors (Lipinski definition) is 3. The third-order valence-electron chi connectivity index (χ3n) is 14.6. The first-order valence-corrected chi connectivity index (χ1v) is 29.8. The molecule has 1 saturated heterocycles. The highest BCUT2D eigenvalue weighted by Gasteiger charge is 2.50. The van der Waals surface area contributed by atoms with Crippen LogP contribution in [0.4, 0.5) is 0 Å². The van der Waals surface area contributed by atoms with Crippen molar-refractivity contribution in [1.29, 1.82) is 0 Å². The molecular formula is C63H101BO6Si. The molecule has 2 aromatic rings. The highest BCUT2D eigenvalue weighted by Crippen LogP contribution is 2.40.